The van der Waals surface area contributed by atoms with E-state index in [1.807, 2.05) is 86.6 Å². The summed E-state index contributed by atoms with van der Waals surface area (Å²) in [6, 6.07) is 24.6. The van der Waals surface area contributed by atoms with E-state index in [1.165, 1.54) is 68.6 Å². The minimum Gasteiger partial charge on any atom is -0.485 e. The number of hydrogen-bond donors (Lipinski definition) is 0. The third-order valence-corrected chi connectivity index (χ3v) is 13.6. The van der Waals surface area contributed by atoms with E-state index in [2.05, 4.69) is 77.7 Å². The SMILES string of the molecule is C.CC(C)(C)n1ncc(SCc2ccc(CCCC[18F])cc2)c(Cl)c1=O.CCCCCc1ccc(COc2cnn(C(C)(C)C)c(=O)c2Cl)cc1.CCCOCc1ccc(COc2cnn(C(C)(C)C)c(=O)c2Cl)cc1. The third kappa shape index (κ3) is 20.8. The van der Waals surface area contributed by atoms with E-state index >= 15 is 0 Å². The molecule has 0 fully saturated rings. The van der Waals surface area contributed by atoms with Crippen molar-refractivity contribution in [3.8, 4) is 11.5 Å². The Balaban J connectivity index is 0.000000298. The number of halogens is 4. The standard InChI is InChI=1S/C20H27ClN2O2.C19H24ClFN2OS.C19H25ClN2O3.CH4/c1-5-6-7-8-15-9-11-16(12-10-15)14-25-17-13-22-23(20(2,3)4)19(24)18(17)21;1-19(2,3)23-18(24)17(20)16(12-22-23)25-13-15-9-7-14(8-10-15)6-4-5-11-21;1-5-10-24-12-14-6-8-15(9-7-14)13-25-16-11-21-22(19(2,3)4)18(23)17(16)20;/h9-13H,5-8,14H2,1-4H3;7-10,12H,4-6,11,13H2,1-3H3;6-9,11H,5,10,12-13H2,1-4H3;1H4/i;21-1;;. The molecule has 0 aliphatic heterocycles. The molecule has 6 aromatic rings. The van der Waals surface area contributed by atoms with Gasteiger partial charge in [0, 0.05) is 12.4 Å². The number of nitrogens with zero attached hydrogens (tertiary/aromatic N) is 6. The number of hydrogen-bond acceptors (Lipinski definition) is 10. The van der Waals surface area contributed by atoms with E-state index < -0.39 is 16.6 Å². The van der Waals surface area contributed by atoms with Crippen molar-refractivity contribution in [1.29, 1.82) is 0 Å². The van der Waals surface area contributed by atoms with E-state index in [4.69, 9.17) is 49.0 Å². The maximum absolute atomic E-state index is 12.3. The number of aryl methyl sites for hydroxylation is 2. The monoisotopic (exact) mass is 1120 g/mol. The van der Waals surface area contributed by atoms with Crippen molar-refractivity contribution in [3.63, 3.8) is 0 Å². The number of aromatic nitrogens is 6. The van der Waals surface area contributed by atoms with Gasteiger partial charge in [0.25, 0.3) is 16.7 Å². The Morgan fingerprint density at radius 3 is 1.26 bits per heavy atom. The van der Waals surface area contributed by atoms with Gasteiger partial charge in [0.2, 0.25) is 0 Å². The molecule has 17 heteroatoms. The van der Waals surface area contributed by atoms with Gasteiger partial charge in [-0.25, -0.2) is 14.0 Å². The van der Waals surface area contributed by atoms with Crippen LogP contribution in [-0.2, 0) is 59.8 Å². The van der Waals surface area contributed by atoms with Gasteiger partial charge in [-0.3, -0.25) is 18.8 Å². The van der Waals surface area contributed by atoms with Crippen molar-refractivity contribution < 1.29 is 18.6 Å². The Morgan fingerprint density at radius 2 is 0.868 bits per heavy atom. The smallest absolute Gasteiger partial charge is 0.289 e. The number of alkyl halides is 1. The summed E-state index contributed by atoms with van der Waals surface area (Å²) in [4.78, 5) is 37.6. The Labute approximate surface area is 469 Å². The van der Waals surface area contributed by atoms with Gasteiger partial charge in [0.1, 0.15) is 18.2 Å². The summed E-state index contributed by atoms with van der Waals surface area (Å²) in [6.07, 6.45) is 12.9. The summed E-state index contributed by atoms with van der Waals surface area (Å²) in [6.45, 7) is 23.2. The van der Waals surface area contributed by atoms with Gasteiger partial charge in [-0.1, -0.05) is 142 Å². The molecule has 76 heavy (non-hydrogen) atoms. The predicted octanol–water partition coefficient (Wildman–Crippen LogP) is 15.0. The van der Waals surface area contributed by atoms with Gasteiger partial charge in [-0.2, -0.15) is 15.3 Å². The Kier molecular flexibility index (Phi) is 27.0. The van der Waals surface area contributed by atoms with Crippen molar-refractivity contribution in [2.75, 3.05) is 13.3 Å². The molecule has 0 bridgehead atoms. The predicted molar refractivity (Wildman–Crippen MR) is 312 cm³/mol. The van der Waals surface area contributed by atoms with Gasteiger partial charge in [0.05, 0.1) is 53.4 Å². The molecule has 3 aromatic carbocycles. The highest BCUT2D eigenvalue weighted by Gasteiger charge is 2.22. The lowest BCUT2D eigenvalue weighted by atomic mass is 10.1. The van der Waals surface area contributed by atoms with Crippen LogP contribution in [0.25, 0.3) is 0 Å². The van der Waals surface area contributed by atoms with E-state index in [-0.39, 0.29) is 45.8 Å². The molecule has 0 radical (unpaired) electrons. The molecular formula is C59H80Cl3FN6O6S. The minimum atomic E-state index is -0.436. The summed E-state index contributed by atoms with van der Waals surface area (Å²) < 4.78 is 33.1. The van der Waals surface area contributed by atoms with Gasteiger partial charge in [-0.15, -0.1) is 11.8 Å². The molecule has 0 unspecified atom stereocenters. The lowest BCUT2D eigenvalue weighted by Crippen LogP contribution is -2.36. The number of unbranched alkanes of at least 4 members (excludes halogenated alkanes) is 3. The van der Waals surface area contributed by atoms with Crippen molar-refractivity contribution in [1.82, 2.24) is 29.3 Å². The first kappa shape index (κ1) is 65.3. The maximum Gasteiger partial charge on any atom is 0.289 e. The van der Waals surface area contributed by atoms with E-state index in [0.717, 1.165) is 54.5 Å². The Hall–Kier alpha value is -4.99. The largest absolute Gasteiger partial charge is 0.485 e. The van der Waals surface area contributed by atoms with Crippen LogP contribution in [0.15, 0.2) is 111 Å². The van der Waals surface area contributed by atoms with Crippen LogP contribution in [0.2, 0.25) is 15.1 Å². The van der Waals surface area contributed by atoms with E-state index in [9.17, 15) is 18.8 Å². The average molecular weight is 1130 g/mol. The second kappa shape index (κ2) is 31.4. The number of benzene rings is 3. The molecule has 416 valence electrons. The fraction of sp³-hybridized carbons (Fsp3) is 0.492. The molecule has 3 heterocycles. The first-order chi connectivity index (χ1) is 35.5. The first-order valence-electron chi connectivity index (χ1n) is 25.6. The van der Waals surface area contributed by atoms with Gasteiger partial charge < -0.3 is 14.2 Å². The summed E-state index contributed by atoms with van der Waals surface area (Å²) in [5.74, 6) is 1.33. The lowest BCUT2D eigenvalue weighted by Gasteiger charge is -2.21. The van der Waals surface area contributed by atoms with Gasteiger partial charge in [0.15, 0.2) is 21.5 Å². The van der Waals surface area contributed by atoms with Crippen molar-refractivity contribution >= 4 is 46.6 Å². The molecule has 0 N–H and O–H groups in total. The van der Waals surface area contributed by atoms with E-state index in [1.54, 1.807) is 6.20 Å². The maximum atomic E-state index is 12.3. The average Bonchev–Trinajstić information content (AvgIpc) is 3.36. The second-order valence-electron chi connectivity index (χ2n) is 21.1. The topological polar surface area (TPSA) is 132 Å². The molecule has 0 spiro atoms. The zero-order chi connectivity index (χ0) is 55.3. The van der Waals surface area contributed by atoms with Crippen molar-refractivity contribution in [3.05, 3.63) is 171 Å². The molecule has 6 rings (SSSR count). The van der Waals surface area contributed by atoms with Crippen LogP contribution >= 0.6 is 46.6 Å². The Bertz CT molecular complexity index is 2560. The summed E-state index contributed by atoms with van der Waals surface area (Å²) >= 11 is 20.1. The summed E-state index contributed by atoms with van der Waals surface area (Å²) in [5.41, 5.74) is 4.63. The zero-order valence-corrected chi connectivity index (χ0v) is 48.7. The molecule has 0 atom stereocenters. The quantitative estimate of drug-likeness (QED) is 0.0507. The molecule has 3 aromatic heterocycles. The normalized spacial score (nSPS) is 11.5. The highest BCUT2D eigenvalue weighted by Crippen LogP contribution is 2.28. The highest BCUT2D eigenvalue weighted by atomic mass is 35.5. The molecule has 0 amide bonds. The molecule has 0 aliphatic carbocycles. The van der Waals surface area contributed by atoms with Crippen LogP contribution in [0.3, 0.4) is 0 Å². The number of thioether (sulfide) groups is 1. The van der Waals surface area contributed by atoms with Gasteiger partial charge in [-0.05, 0) is 134 Å². The number of rotatable bonds is 21. The Morgan fingerprint density at radius 1 is 0.500 bits per heavy atom. The summed E-state index contributed by atoms with van der Waals surface area (Å²) in [7, 11) is 0. The molecule has 0 saturated heterocycles. The van der Waals surface area contributed by atoms with Crippen LogP contribution in [0.4, 0.5) is 4.39 Å². The van der Waals surface area contributed by atoms with Crippen LogP contribution in [0.1, 0.15) is 155 Å². The van der Waals surface area contributed by atoms with E-state index in [0.29, 0.717) is 48.4 Å². The molecule has 0 saturated carbocycles. The number of ether oxygens (including phenoxy) is 3. The van der Waals surface area contributed by atoms with Crippen molar-refractivity contribution in [2.24, 2.45) is 0 Å². The fourth-order valence-corrected chi connectivity index (χ4v) is 8.65. The second-order valence-corrected chi connectivity index (χ2v) is 23.3. The first-order valence-corrected chi connectivity index (χ1v) is 27.7. The van der Waals surface area contributed by atoms with Gasteiger partial charge >= 0.3 is 0 Å². The third-order valence-electron chi connectivity index (χ3n) is 11.4. The zero-order valence-electron chi connectivity index (χ0n) is 45.6. The molecule has 0 aliphatic rings. The summed E-state index contributed by atoms with van der Waals surface area (Å²) in [5, 5.41) is 12.9. The highest BCUT2D eigenvalue weighted by molar-refractivity contribution is 7.98. The fourth-order valence-electron chi connectivity index (χ4n) is 7.14. The molecule has 12 nitrogen and oxygen atoms in total. The van der Waals surface area contributed by atoms with Crippen molar-refractivity contribution in [2.45, 2.75) is 182 Å². The van der Waals surface area contributed by atoms with Crippen LogP contribution in [0.5, 0.6) is 11.5 Å². The lowest BCUT2D eigenvalue weighted by molar-refractivity contribution is 0.121. The van der Waals surface area contributed by atoms with Crippen LogP contribution in [0, 0.1) is 0 Å². The molecular weight excluding hydrogens is 1050 g/mol. The minimum absolute atomic E-state index is 0. The van der Waals surface area contributed by atoms with Crippen LogP contribution < -0.4 is 26.2 Å². The van der Waals surface area contributed by atoms with Crippen LogP contribution in [-0.4, -0.2) is 42.6 Å².